The second-order valence-electron chi connectivity index (χ2n) is 4.39. The van der Waals surface area contributed by atoms with Gasteiger partial charge in [-0.15, -0.1) is 0 Å². The molecule has 0 atom stereocenters. The van der Waals surface area contributed by atoms with Crippen molar-refractivity contribution >= 4 is 34.6 Å². The summed E-state index contributed by atoms with van der Waals surface area (Å²) in [4.78, 5) is 10.4. The number of benzene rings is 1. The molecule has 0 radical (unpaired) electrons. The quantitative estimate of drug-likeness (QED) is 0.885. The Hall–Kier alpha value is -2.08. The largest absolute Gasteiger partial charge is 0.393 e. The highest BCUT2D eigenvalue weighted by Crippen LogP contribution is 2.29. The van der Waals surface area contributed by atoms with E-state index in [1.807, 2.05) is 18.7 Å². The van der Waals surface area contributed by atoms with Gasteiger partial charge in [0.2, 0.25) is 0 Å². The number of hydrogen-bond acceptors (Lipinski definition) is 5. The summed E-state index contributed by atoms with van der Waals surface area (Å²) in [6, 6.07) is 4.34. The molecule has 0 saturated carbocycles. The number of nitrogens with one attached hydrogen (secondary N) is 1. The van der Waals surface area contributed by atoms with Crippen molar-refractivity contribution in [2.45, 2.75) is 13.8 Å². The number of aromatic nitrogens is 2. The molecular formula is C14H17ClFN5. The van der Waals surface area contributed by atoms with Crippen molar-refractivity contribution in [2.24, 2.45) is 0 Å². The molecule has 0 spiro atoms. The van der Waals surface area contributed by atoms with Gasteiger partial charge >= 0.3 is 0 Å². The van der Waals surface area contributed by atoms with Crippen molar-refractivity contribution in [1.82, 2.24) is 9.97 Å². The minimum atomic E-state index is -0.471. The zero-order chi connectivity index (χ0) is 15.4. The summed E-state index contributed by atoms with van der Waals surface area (Å²) >= 11 is 5.76. The van der Waals surface area contributed by atoms with E-state index in [-0.39, 0.29) is 5.02 Å². The zero-order valence-electron chi connectivity index (χ0n) is 11.9. The maximum atomic E-state index is 13.2. The lowest BCUT2D eigenvalue weighted by atomic mass is 10.3. The van der Waals surface area contributed by atoms with Crippen molar-refractivity contribution < 1.29 is 4.39 Å². The summed E-state index contributed by atoms with van der Waals surface area (Å²) in [7, 11) is 0. The molecule has 2 rings (SSSR count). The molecule has 0 fully saturated rings. The lowest BCUT2D eigenvalue weighted by Gasteiger charge is -2.22. The molecule has 0 unspecified atom stereocenters. The van der Waals surface area contributed by atoms with Crippen LogP contribution in [0.1, 0.15) is 13.8 Å². The lowest BCUT2D eigenvalue weighted by molar-refractivity contribution is 0.628. The Morgan fingerprint density at radius 3 is 2.62 bits per heavy atom. The molecule has 5 nitrogen and oxygen atoms in total. The van der Waals surface area contributed by atoms with Gasteiger partial charge in [0.25, 0.3) is 0 Å². The predicted octanol–water partition coefficient (Wildman–Crippen LogP) is 3.44. The Morgan fingerprint density at radius 2 is 2.00 bits per heavy atom. The van der Waals surface area contributed by atoms with Gasteiger partial charge in [-0.05, 0) is 32.0 Å². The molecule has 0 saturated heterocycles. The van der Waals surface area contributed by atoms with Crippen molar-refractivity contribution in [3.63, 3.8) is 0 Å². The monoisotopic (exact) mass is 309 g/mol. The third-order valence-electron chi connectivity index (χ3n) is 3.11. The number of nitrogens with two attached hydrogens (primary N) is 1. The summed E-state index contributed by atoms with van der Waals surface area (Å²) in [5, 5.41) is 3.07. The molecule has 1 heterocycles. The van der Waals surface area contributed by atoms with Crippen LogP contribution in [0.2, 0.25) is 5.02 Å². The van der Waals surface area contributed by atoms with E-state index in [1.54, 1.807) is 6.07 Å². The molecule has 2 aromatic rings. The van der Waals surface area contributed by atoms with Crippen LogP contribution in [0.4, 0.5) is 27.4 Å². The number of anilines is 4. The molecule has 0 amide bonds. The third kappa shape index (κ3) is 3.33. The molecule has 1 aromatic heterocycles. The van der Waals surface area contributed by atoms with Crippen molar-refractivity contribution in [3.8, 4) is 0 Å². The van der Waals surface area contributed by atoms with Crippen LogP contribution in [0.3, 0.4) is 0 Å². The fourth-order valence-electron chi connectivity index (χ4n) is 1.97. The normalized spacial score (nSPS) is 10.5. The van der Waals surface area contributed by atoms with E-state index in [2.05, 4.69) is 15.3 Å². The molecule has 1 aromatic carbocycles. The van der Waals surface area contributed by atoms with E-state index < -0.39 is 5.82 Å². The third-order valence-corrected chi connectivity index (χ3v) is 3.40. The summed E-state index contributed by atoms with van der Waals surface area (Å²) < 4.78 is 13.2. The van der Waals surface area contributed by atoms with Gasteiger partial charge in [0.15, 0.2) is 11.6 Å². The number of nitrogen functional groups attached to an aromatic ring is 1. The highest BCUT2D eigenvalue weighted by molar-refractivity contribution is 6.31. The van der Waals surface area contributed by atoms with Gasteiger partial charge < -0.3 is 16.0 Å². The van der Waals surface area contributed by atoms with Crippen molar-refractivity contribution in [3.05, 3.63) is 35.4 Å². The lowest BCUT2D eigenvalue weighted by Crippen LogP contribution is -2.24. The molecule has 21 heavy (non-hydrogen) atoms. The van der Waals surface area contributed by atoms with Crippen LogP contribution in [0.5, 0.6) is 0 Å². The molecule has 0 aliphatic heterocycles. The van der Waals surface area contributed by atoms with E-state index in [0.29, 0.717) is 23.0 Å². The minimum absolute atomic E-state index is 0.0385. The first-order chi connectivity index (χ1) is 10.1. The molecule has 0 aliphatic carbocycles. The Kier molecular flexibility index (Phi) is 4.80. The Balaban J connectivity index is 2.32. The Bertz CT molecular complexity index is 631. The first kappa shape index (κ1) is 15.3. The number of nitrogens with zero attached hydrogens (tertiary/aromatic N) is 3. The molecule has 7 heteroatoms. The van der Waals surface area contributed by atoms with Crippen LogP contribution in [0.25, 0.3) is 0 Å². The van der Waals surface area contributed by atoms with Gasteiger partial charge in [-0.25, -0.2) is 14.4 Å². The summed E-state index contributed by atoms with van der Waals surface area (Å²) in [6.45, 7) is 5.63. The smallest absolute Gasteiger partial charge is 0.159 e. The van der Waals surface area contributed by atoms with Crippen molar-refractivity contribution in [2.75, 3.05) is 29.0 Å². The summed E-state index contributed by atoms with van der Waals surface area (Å²) in [5.41, 5.74) is 7.17. The Labute approximate surface area is 128 Å². The average molecular weight is 310 g/mol. The van der Waals surface area contributed by atoms with Crippen LogP contribution in [-0.4, -0.2) is 23.1 Å². The van der Waals surface area contributed by atoms with Crippen LogP contribution in [0.15, 0.2) is 24.5 Å². The van der Waals surface area contributed by atoms with E-state index >= 15 is 0 Å². The first-order valence-corrected chi connectivity index (χ1v) is 7.02. The minimum Gasteiger partial charge on any atom is -0.393 e. The van der Waals surface area contributed by atoms with E-state index in [0.717, 1.165) is 13.1 Å². The second kappa shape index (κ2) is 6.58. The van der Waals surface area contributed by atoms with Gasteiger partial charge in [0.05, 0.1) is 5.02 Å². The Morgan fingerprint density at radius 1 is 1.29 bits per heavy atom. The number of hydrogen-bond donors (Lipinski definition) is 2. The van der Waals surface area contributed by atoms with E-state index in [4.69, 9.17) is 17.3 Å². The molecule has 0 bridgehead atoms. The van der Waals surface area contributed by atoms with E-state index in [1.165, 1.54) is 18.5 Å². The highest BCUT2D eigenvalue weighted by Gasteiger charge is 2.13. The van der Waals surface area contributed by atoms with Gasteiger partial charge in [0, 0.05) is 18.8 Å². The summed E-state index contributed by atoms with van der Waals surface area (Å²) in [6.07, 6.45) is 1.44. The van der Waals surface area contributed by atoms with Crippen LogP contribution >= 0.6 is 11.6 Å². The van der Waals surface area contributed by atoms with Crippen LogP contribution < -0.4 is 16.0 Å². The highest BCUT2D eigenvalue weighted by atomic mass is 35.5. The molecular weight excluding hydrogens is 293 g/mol. The fraction of sp³-hybridized carbons (Fsp3) is 0.286. The standard InChI is InChI=1S/C14H17ClFN5/c1-3-21(4-2)14-12(17)13(18-8-19-14)20-9-5-6-11(16)10(15)7-9/h5-8H,3-4,17H2,1-2H3,(H,18,19,20). The topological polar surface area (TPSA) is 67.1 Å². The summed E-state index contributed by atoms with van der Waals surface area (Å²) in [5.74, 6) is 0.669. The molecule has 3 N–H and O–H groups in total. The SMILES string of the molecule is CCN(CC)c1ncnc(Nc2ccc(F)c(Cl)c2)c1N. The zero-order valence-corrected chi connectivity index (χ0v) is 12.7. The average Bonchev–Trinajstić information content (AvgIpc) is 2.48. The number of rotatable bonds is 5. The molecule has 0 aliphatic rings. The second-order valence-corrected chi connectivity index (χ2v) is 4.79. The maximum Gasteiger partial charge on any atom is 0.159 e. The fourth-order valence-corrected chi connectivity index (χ4v) is 2.15. The molecule has 112 valence electrons. The van der Waals surface area contributed by atoms with Crippen LogP contribution in [0, 0.1) is 5.82 Å². The predicted molar refractivity (Wildman–Crippen MR) is 84.7 cm³/mol. The van der Waals surface area contributed by atoms with Crippen LogP contribution in [-0.2, 0) is 0 Å². The van der Waals surface area contributed by atoms with Gasteiger partial charge in [-0.2, -0.15) is 0 Å². The van der Waals surface area contributed by atoms with Crippen molar-refractivity contribution in [1.29, 1.82) is 0 Å². The van der Waals surface area contributed by atoms with Gasteiger partial charge in [-0.3, -0.25) is 0 Å². The first-order valence-electron chi connectivity index (χ1n) is 6.64. The maximum absolute atomic E-state index is 13.2. The number of halogens is 2. The van der Waals surface area contributed by atoms with Gasteiger partial charge in [0.1, 0.15) is 17.8 Å². The van der Waals surface area contributed by atoms with E-state index in [9.17, 15) is 4.39 Å². The van der Waals surface area contributed by atoms with Gasteiger partial charge in [-0.1, -0.05) is 11.6 Å².